The van der Waals surface area contributed by atoms with Gasteiger partial charge in [0.15, 0.2) is 5.69 Å². The van der Waals surface area contributed by atoms with Crippen LogP contribution in [0.3, 0.4) is 0 Å². The molecule has 6 nitrogen and oxygen atoms in total. The molecular weight excluding hydrogens is 362 g/mol. The Hall–Kier alpha value is -3.12. The van der Waals surface area contributed by atoms with Crippen LogP contribution in [0.15, 0.2) is 60.7 Å². The fourth-order valence-electron chi connectivity index (χ4n) is 2.41. The highest BCUT2D eigenvalue weighted by Gasteiger charge is 2.09. The molecule has 0 saturated carbocycles. The van der Waals surface area contributed by atoms with Crippen molar-refractivity contribution in [2.45, 2.75) is 6.54 Å². The maximum Gasteiger partial charge on any atom is 0.276 e. The molecule has 3 rings (SSSR count). The average Bonchev–Trinajstić information content (AvgIpc) is 2.68. The van der Waals surface area contributed by atoms with Crippen molar-refractivity contribution in [3.63, 3.8) is 0 Å². The number of benzene rings is 2. The Morgan fingerprint density at radius 3 is 2.37 bits per heavy atom. The topological polar surface area (TPSA) is 70.2 Å². The Morgan fingerprint density at radius 2 is 1.74 bits per heavy atom. The van der Waals surface area contributed by atoms with E-state index in [2.05, 4.69) is 20.8 Å². The highest BCUT2D eigenvalue weighted by atomic mass is 35.5. The van der Waals surface area contributed by atoms with Crippen molar-refractivity contribution in [2.24, 2.45) is 0 Å². The predicted molar refractivity (Wildman–Crippen MR) is 110 cm³/mol. The molecule has 2 N–H and O–H groups in total. The summed E-state index contributed by atoms with van der Waals surface area (Å²) in [5, 5.41) is 14.7. The highest BCUT2D eigenvalue weighted by Crippen LogP contribution is 2.17. The number of halogens is 1. The van der Waals surface area contributed by atoms with Crippen LogP contribution in [0.4, 0.5) is 17.2 Å². The number of amides is 1. The summed E-state index contributed by atoms with van der Waals surface area (Å²) in [6.45, 7) is 0.526. The third-order valence-electron chi connectivity index (χ3n) is 3.96. The molecule has 0 fully saturated rings. The zero-order valence-electron chi connectivity index (χ0n) is 15.1. The maximum absolute atomic E-state index is 12.3. The third-order valence-corrected chi connectivity index (χ3v) is 4.33. The minimum absolute atomic E-state index is 0.245. The fraction of sp³-hybridized carbons (Fsp3) is 0.150. The van der Waals surface area contributed by atoms with Gasteiger partial charge in [-0.3, -0.25) is 4.79 Å². The molecule has 27 heavy (non-hydrogen) atoms. The van der Waals surface area contributed by atoms with E-state index in [1.54, 1.807) is 12.1 Å². The standard InChI is InChI=1S/C20H20ClN5O/c1-26(2)16-9-7-15(8-10-16)23-20(27)18-11-12-19(25-24-18)22-13-14-5-3-4-6-17(14)21/h3-12H,13H2,1-2H3,(H,22,25)(H,23,27). The first-order chi connectivity index (χ1) is 13.0. The molecular formula is C20H20ClN5O. The van der Waals surface area contributed by atoms with Gasteiger partial charge in [0, 0.05) is 37.0 Å². The van der Waals surface area contributed by atoms with E-state index in [-0.39, 0.29) is 11.6 Å². The van der Waals surface area contributed by atoms with E-state index in [9.17, 15) is 4.79 Å². The second-order valence-electron chi connectivity index (χ2n) is 6.14. The molecule has 0 aliphatic heterocycles. The maximum atomic E-state index is 12.3. The van der Waals surface area contributed by atoms with Crippen LogP contribution in [0.2, 0.25) is 5.02 Å². The largest absolute Gasteiger partial charge is 0.378 e. The summed E-state index contributed by atoms with van der Waals surface area (Å²) in [5.41, 5.74) is 2.97. The van der Waals surface area contributed by atoms with Gasteiger partial charge < -0.3 is 15.5 Å². The number of anilines is 3. The van der Waals surface area contributed by atoms with Crippen molar-refractivity contribution in [3.05, 3.63) is 76.9 Å². The van der Waals surface area contributed by atoms with Crippen molar-refractivity contribution in [2.75, 3.05) is 29.6 Å². The predicted octanol–water partition coefficient (Wildman–Crippen LogP) is 4.06. The Bertz CT molecular complexity index is 910. The molecule has 0 radical (unpaired) electrons. The van der Waals surface area contributed by atoms with Crippen LogP contribution in [-0.2, 0) is 6.54 Å². The number of hydrogen-bond donors (Lipinski definition) is 2. The Kier molecular flexibility index (Phi) is 5.88. The Morgan fingerprint density at radius 1 is 1.00 bits per heavy atom. The molecule has 0 spiro atoms. The number of carbonyl (C=O) groups is 1. The summed E-state index contributed by atoms with van der Waals surface area (Å²) >= 11 is 6.13. The molecule has 1 heterocycles. The minimum atomic E-state index is -0.308. The van der Waals surface area contributed by atoms with Crippen LogP contribution in [0, 0.1) is 0 Å². The van der Waals surface area contributed by atoms with Crippen LogP contribution in [0.1, 0.15) is 16.1 Å². The lowest BCUT2D eigenvalue weighted by atomic mass is 10.2. The van der Waals surface area contributed by atoms with E-state index < -0.39 is 0 Å². The summed E-state index contributed by atoms with van der Waals surface area (Å²) in [6.07, 6.45) is 0. The van der Waals surface area contributed by atoms with Gasteiger partial charge in [-0.1, -0.05) is 29.8 Å². The summed E-state index contributed by atoms with van der Waals surface area (Å²) in [4.78, 5) is 14.3. The van der Waals surface area contributed by atoms with E-state index in [0.717, 1.165) is 11.3 Å². The third kappa shape index (κ3) is 4.95. The average molecular weight is 382 g/mol. The lowest BCUT2D eigenvalue weighted by Gasteiger charge is -2.13. The second-order valence-corrected chi connectivity index (χ2v) is 6.55. The number of nitrogens with zero attached hydrogens (tertiary/aromatic N) is 3. The molecule has 2 aromatic carbocycles. The van der Waals surface area contributed by atoms with Crippen LogP contribution < -0.4 is 15.5 Å². The molecule has 0 unspecified atom stereocenters. The summed E-state index contributed by atoms with van der Waals surface area (Å²) < 4.78 is 0. The van der Waals surface area contributed by atoms with Crippen LogP contribution in [0.25, 0.3) is 0 Å². The Balaban J connectivity index is 1.59. The van der Waals surface area contributed by atoms with E-state index in [1.807, 2.05) is 67.5 Å². The van der Waals surface area contributed by atoms with E-state index in [0.29, 0.717) is 23.1 Å². The first-order valence-electron chi connectivity index (χ1n) is 8.42. The number of rotatable bonds is 6. The number of nitrogens with one attached hydrogen (secondary N) is 2. The second kappa shape index (κ2) is 8.51. The molecule has 0 saturated heterocycles. The molecule has 138 valence electrons. The van der Waals surface area contributed by atoms with E-state index >= 15 is 0 Å². The van der Waals surface area contributed by atoms with Crippen LogP contribution >= 0.6 is 11.6 Å². The normalized spacial score (nSPS) is 10.3. The lowest BCUT2D eigenvalue weighted by Crippen LogP contribution is -2.15. The van der Waals surface area contributed by atoms with Gasteiger partial charge in [0.25, 0.3) is 5.91 Å². The molecule has 1 aromatic heterocycles. The lowest BCUT2D eigenvalue weighted by molar-refractivity contribution is 0.102. The SMILES string of the molecule is CN(C)c1ccc(NC(=O)c2ccc(NCc3ccccc3Cl)nn2)cc1. The molecule has 0 bridgehead atoms. The molecule has 7 heteroatoms. The van der Waals surface area contributed by atoms with Gasteiger partial charge in [-0.25, -0.2) is 0 Å². The van der Waals surface area contributed by atoms with Gasteiger partial charge >= 0.3 is 0 Å². The number of carbonyl (C=O) groups excluding carboxylic acids is 1. The zero-order valence-corrected chi connectivity index (χ0v) is 15.9. The van der Waals surface area contributed by atoms with E-state index in [4.69, 9.17) is 11.6 Å². The van der Waals surface area contributed by atoms with Gasteiger partial charge in [-0.2, -0.15) is 0 Å². The monoisotopic (exact) mass is 381 g/mol. The van der Waals surface area contributed by atoms with Gasteiger partial charge in [-0.05, 0) is 48.0 Å². The van der Waals surface area contributed by atoms with Gasteiger partial charge in [0.1, 0.15) is 5.82 Å². The highest BCUT2D eigenvalue weighted by molar-refractivity contribution is 6.31. The molecule has 3 aromatic rings. The first-order valence-corrected chi connectivity index (χ1v) is 8.80. The Labute approximate surface area is 163 Å². The fourth-order valence-corrected chi connectivity index (χ4v) is 2.62. The van der Waals surface area contributed by atoms with E-state index in [1.165, 1.54) is 0 Å². The van der Waals surface area contributed by atoms with Crippen LogP contribution in [0.5, 0.6) is 0 Å². The number of aromatic nitrogens is 2. The van der Waals surface area contributed by atoms with Crippen molar-refractivity contribution < 1.29 is 4.79 Å². The smallest absolute Gasteiger partial charge is 0.276 e. The van der Waals surface area contributed by atoms with Gasteiger partial charge in [-0.15, -0.1) is 10.2 Å². The minimum Gasteiger partial charge on any atom is -0.378 e. The van der Waals surface area contributed by atoms with Crippen molar-refractivity contribution in [1.82, 2.24) is 10.2 Å². The zero-order chi connectivity index (χ0) is 19.2. The summed E-state index contributed by atoms with van der Waals surface area (Å²) in [6, 6.07) is 18.5. The number of hydrogen-bond acceptors (Lipinski definition) is 5. The van der Waals surface area contributed by atoms with Crippen molar-refractivity contribution >= 4 is 34.7 Å². The van der Waals surface area contributed by atoms with Gasteiger partial charge in [0.2, 0.25) is 0 Å². The summed E-state index contributed by atoms with van der Waals surface area (Å²) in [5.74, 6) is 0.263. The van der Waals surface area contributed by atoms with Crippen molar-refractivity contribution in [3.8, 4) is 0 Å². The van der Waals surface area contributed by atoms with Gasteiger partial charge in [0.05, 0.1) is 0 Å². The molecule has 0 aliphatic carbocycles. The van der Waals surface area contributed by atoms with Crippen LogP contribution in [-0.4, -0.2) is 30.2 Å². The quantitative estimate of drug-likeness (QED) is 0.673. The van der Waals surface area contributed by atoms with Crippen molar-refractivity contribution in [1.29, 1.82) is 0 Å². The molecule has 0 atom stereocenters. The summed E-state index contributed by atoms with van der Waals surface area (Å²) in [7, 11) is 3.93. The first kappa shape index (κ1) is 18.7. The molecule has 0 aliphatic rings. The molecule has 1 amide bonds.